The maximum Gasteiger partial charge on any atom is 0.321 e. The molecule has 202 valence electrons. The zero-order valence-electron chi connectivity index (χ0n) is 23.3. The van der Waals surface area contributed by atoms with Crippen molar-refractivity contribution in [2.45, 2.75) is 79.9 Å². The van der Waals surface area contributed by atoms with Crippen LogP contribution in [0.5, 0.6) is 0 Å². The van der Waals surface area contributed by atoms with Crippen molar-refractivity contribution in [3.8, 4) is 0 Å². The van der Waals surface area contributed by atoms with Gasteiger partial charge in [0.15, 0.2) is 5.78 Å². The van der Waals surface area contributed by atoms with Crippen LogP contribution in [0.15, 0.2) is 23.0 Å². The van der Waals surface area contributed by atoms with Crippen LogP contribution in [0.4, 0.5) is 0 Å². The van der Waals surface area contributed by atoms with Gasteiger partial charge in [0.2, 0.25) is 0 Å². The number of rotatable bonds is 3. The van der Waals surface area contributed by atoms with Crippen molar-refractivity contribution >= 4 is 23.7 Å². The smallest absolute Gasteiger partial charge is 0.321 e. The van der Waals surface area contributed by atoms with Crippen molar-refractivity contribution < 1.29 is 38.1 Å². The average molecular weight is 515 g/mol. The van der Waals surface area contributed by atoms with Crippen molar-refractivity contribution in [3.05, 3.63) is 23.0 Å². The summed E-state index contributed by atoms with van der Waals surface area (Å²) < 4.78 is 23.3. The Labute approximate surface area is 218 Å². The van der Waals surface area contributed by atoms with E-state index in [-0.39, 0.29) is 29.7 Å². The van der Waals surface area contributed by atoms with E-state index in [4.69, 9.17) is 18.9 Å². The molecule has 5 rings (SSSR count). The Kier molecular flexibility index (Phi) is 5.25. The van der Waals surface area contributed by atoms with Crippen molar-refractivity contribution in [2.75, 3.05) is 14.2 Å². The second-order valence-electron chi connectivity index (χ2n) is 12.7. The summed E-state index contributed by atoms with van der Waals surface area (Å²) in [6.07, 6.45) is 2.47. The van der Waals surface area contributed by atoms with E-state index in [0.717, 1.165) is 5.57 Å². The molecule has 2 bridgehead atoms. The second kappa shape index (κ2) is 7.48. The highest BCUT2D eigenvalue weighted by Gasteiger charge is 2.84. The van der Waals surface area contributed by atoms with Crippen LogP contribution < -0.4 is 0 Å². The van der Waals surface area contributed by atoms with Crippen molar-refractivity contribution in [3.63, 3.8) is 0 Å². The number of esters is 3. The van der Waals surface area contributed by atoms with Gasteiger partial charge in [-0.3, -0.25) is 19.2 Å². The lowest BCUT2D eigenvalue weighted by Crippen LogP contribution is -2.71. The first kappa shape index (κ1) is 26.0. The largest absolute Gasteiger partial charge is 0.499 e. The lowest BCUT2D eigenvalue weighted by Gasteiger charge is -2.66. The Morgan fingerprint density at radius 3 is 2.30 bits per heavy atom. The molecule has 1 saturated heterocycles. The van der Waals surface area contributed by atoms with Crippen molar-refractivity contribution in [1.29, 1.82) is 0 Å². The molecule has 5 aliphatic rings. The summed E-state index contributed by atoms with van der Waals surface area (Å²) in [5.74, 6) is -1.67. The van der Waals surface area contributed by atoms with Crippen LogP contribution in [-0.4, -0.2) is 50.1 Å². The number of ketones is 1. The number of allylic oxidation sites excluding steroid dienone is 3. The number of ether oxygens (including phenoxy) is 4. The van der Waals surface area contributed by atoms with E-state index >= 15 is 0 Å². The normalized spacial score (nSPS) is 45.3. The fourth-order valence-electron chi connectivity index (χ4n) is 9.86. The minimum atomic E-state index is -1.46. The Morgan fingerprint density at radius 2 is 1.73 bits per heavy atom. The molecule has 0 aromatic rings. The number of fused-ring (bicyclic) bond motifs is 3. The summed E-state index contributed by atoms with van der Waals surface area (Å²) >= 11 is 0. The molecule has 8 nitrogen and oxygen atoms in total. The molecule has 0 aromatic heterocycles. The minimum Gasteiger partial charge on any atom is -0.499 e. The highest BCUT2D eigenvalue weighted by atomic mass is 16.6. The molecule has 0 radical (unpaired) electrons. The molecule has 2 saturated carbocycles. The van der Waals surface area contributed by atoms with E-state index in [1.54, 1.807) is 6.92 Å². The van der Waals surface area contributed by atoms with Gasteiger partial charge in [-0.25, -0.2) is 0 Å². The van der Waals surface area contributed by atoms with Gasteiger partial charge < -0.3 is 18.9 Å². The van der Waals surface area contributed by atoms with E-state index in [1.807, 2.05) is 34.6 Å². The Morgan fingerprint density at radius 1 is 1.08 bits per heavy atom. The maximum absolute atomic E-state index is 14.1. The van der Waals surface area contributed by atoms with E-state index in [2.05, 4.69) is 6.08 Å². The molecule has 3 fully saturated rings. The molecular weight excluding hydrogens is 476 g/mol. The standard InChI is InChI=1S/C29H38O8/c1-14-12-18-26(6,29(24(33)35-9)22(34-8)15(2)21(31)27(14,29)7)13-17-20-25(4,5)19(36-16(3)30)10-11-28(18,20)23(32)37-17/h12,17-20H,10-11,13H2,1-9H3/t17?,18-,19+,20?,26+,27+,28-,29-/m0/s1. The molecule has 8 heteroatoms. The fourth-order valence-corrected chi connectivity index (χ4v) is 9.86. The number of Topliss-reactive ketones (excluding diaryl/α,β-unsaturated/α-hetero) is 1. The monoisotopic (exact) mass is 514 g/mol. The second-order valence-corrected chi connectivity index (χ2v) is 12.7. The van der Waals surface area contributed by atoms with Crippen LogP contribution in [0, 0.1) is 38.9 Å². The number of hydrogen-bond donors (Lipinski definition) is 0. The number of methoxy groups -OCH3 is 2. The molecule has 1 heterocycles. The average Bonchev–Trinajstić information content (AvgIpc) is 3.17. The van der Waals surface area contributed by atoms with Crippen LogP contribution in [0.25, 0.3) is 0 Å². The summed E-state index contributed by atoms with van der Waals surface area (Å²) in [7, 11) is 2.82. The Balaban J connectivity index is 1.81. The minimum absolute atomic E-state index is 0.165. The lowest BCUT2D eigenvalue weighted by molar-refractivity contribution is -0.217. The Hall–Kier alpha value is -2.64. The topological polar surface area (TPSA) is 105 Å². The predicted molar refractivity (Wildman–Crippen MR) is 132 cm³/mol. The van der Waals surface area contributed by atoms with Crippen LogP contribution >= 0.6 is 0 Å². The van der Waals surface area contributed by atoms with Crippen LogP contribution in [0.2, 0.25) is 0 Å². The molecule has 37 heavy (non-hydrogen) atoms. The summed E-state index contributed by atoms with van der Waals surface area (Å²) in [6, 6.07) is 0. The third-order valence-electron chi connectivity index (χ3n) is 11.2. The summed E-state index contributed by atoms with van der Waals surface area (Å²) in [5, 5.41) is 0. The lowest BCUT2D eigenvalue weighted by atomic mass is 9.33. The van der Waals surface area contributed by atoms with Crippen molar-refractivity contribution in [2.24, 2.45) is 38.9 Å². The van der Waals surface area contributed by atoms with Crippen LogP contribution in [-0.2, 0) is 38.1 Å². The Bertz CT molecular complexity index is 1190. The zero-order chi connectivity index (χ0) is 27.5. The fraction of sp³-hybridized carbons (Fsp3) is 0.724. The van der Waals surface area contributed by atoms with E-state index in [1.165, 1.54) is 21.1 Å². The first-order chi connectivity index (χ1) is 17.1. The molecular formula is C29H38O8. The molecule has 4 aliphatic carbocycles. The number of hydrogen-bond acceptors (Lipinski definition) is 8. The molecule has 0 aromatic carbocycles. The van der Waals surface area contributed by atoms with Crippen molar-refractivity contribution in [1.82, 2.24) is 0 Å². The van der Waals surface area contributed by atoms with E-state index < -0.39 is 45.1 Å². The van der Waals surface area contributed by atoms with Crippen LogP contribution in [0.3, 0.4) is 0 Å². The zero-order valence-corrected chi connectivity index (χ0v) is 23.3. The van der Waals surface area contributed by atoms with E-state index in [9.17, 15) is 19.2 Å². The first-order valence-electron chi connectivity index (χ1n) is 13.1. The summed E-state index contributed by atoms with van der Waals surface area (Å²) in [5.41, 5.74) is -3.98. The van der Waals surface area contributed by atoms with Gasteiger partial charge in [-0.05, 0) is 40.0 Å². The predicted octanol–water partition coefficient (Wildman–Crippen LogP) is 3.92. The maximum atomic E-state index is 14.1. The van der Waals surface area contributed by atoms with Gasteiger partial charge in [-0.2, -0.15) is 0 Å². The van der Waals surface area contributed by atoms with E-state index in [0.29, 0.717) is 30.6 Å². The van der Waals surface area contributed by atoms with Gasteiger partial charge >= 0.3 is 17.9 Å². The molecule has 0 amide bonds. The molecule has 2 unspecified atom stereocenters. The van der Waals surface area contributed by atoms with Gasteiger partial charge in [0, 0.05) is 35.2 Å². The third kappa shape index (κ3) is 2.51. The van der Waals surface area contributed by atoms with Crippen LogP contribution in [0.1, 0.15) is 67.7 Å². The molecule has 8 atom stereocenters. The third-order valence-corrected chi connectivity index (χ3v) is 11.2. The summed E-state index contributed by atoms with van der Waals surface area (Å²) in [6.45, 7) is 12.9. The number of carbonyl (C=O) groups is 4. The molecule has 1 aliphatic heterocycles. The first-order valence-corrected chi connectivity index (χ1v) is 13.1. The molecule has 0 spiro atoms. The highest BCUT2D eigenvalue weighted by molar-refractivity contribution is 6.11. The molecule has 0 N–H and O–H groups in total. The quantitative estimate of drug-likeness (QED) is 0.317. The van der Waals surface area contributed by atoms with Gasteiger partial charge in [-0.15, -0.1) is 0 Å². The number of carbonyl (C=O) groups excluding carboxylic acids is 4. The van der Waals surface area contributed by atoms with Gasteiger partial charge in [0.05, 0.1) is 25.0 Å². The highest BCUT2D eigenvalue weighted by Crippen LogP contribution is 2.79. The van der Waals surface area contributed by atoms with Gasteiger partial charge in [0.25, 0.3) is 0 Å². The SMILES string of the molecule is COC(=O)[C@]12C(OC)=C(C)C(=O)[C@@]1(C)C(C)=C[C@@H]1[C@@]34CC[C@@H](OC(C)=O)C(C)(C)C3C(C[C@]12C)OC4=O. The summed E-state index contributed by atoms with van der Waals surface area (Å²) in [4.78, 5) is 53.9. The van der Waals surface area contributed by atoms with Gasteiger partial charge in [0.1, 0.15) is 23.4 Å². The van der Waals surface area contributed by atoms with Gasteiger partial charge in [-0.1, -0.05) is 32.4 Å².